The van der Waals surface area contributed by atoms with Crippen molar-refractivity contribution < 1.29 is 9.18 Å². The lowest BCUT2D eigenvalue weighted by Crippen LogP contribution is -2.25. The van der Waals surface area contributed by atoms with Gasteiger partial charge in [-0.25, -0.2) is 4.39 Å². The van der Waals surface area contributed by atoms with Crippen molar-refractivity contribution >= 4 is 11.6 Å². The molecule has 1 fully saturated rings. The molecule has 5 nitrogen and oxygen atoms in total. The summed E-state index contributed by atoms with van der Waals surface area (Å²) in [5.41, 5.74) is 2.42. The molecule has 126 valence electrons. The first-order chi connectivity index (χ1) is 11.7. The SMILES string of the molecule is O=C(Nc1ccc2c(c1F)CCNC2)c1ccnn1C1CCCC1. The first-order valence-electron chi connectivity index (χ1n) is 8.60. The van der Waals surface area contributed by atoms with Gasteiger partial charge in [-0.3, -0.25) is 9.48 Å². The Morgan fingerprint density at radius 3 is 2.96 bits per heavy atom. The van der Waals surface area contributed by atoms with Crippen LogP contribution in [-0.4, -0.2) is 22.2 Å². The molecule has 1 amide bonds. The zero-order valence-electron chi connectivity index (χ0n) is 13.5. The van der Waals surface area contributed by atoms with E-state index in [1.165, 1.54) is 12.8 Å². The Morgan fingerprint density at radius 1 is 1.29 bits per heavy atom. The van der Waals surface area contributed by atoms with E-state index in [-0.39, 0.29) is 23.5 Å². The Morgan fingerprint density at radius 2 is 2.12 bits per heavy atom. The molecule has 2 N–H and O–H groups in total. The Kier molecular flexibility index (Phi) is 4.06. The molecule has 4 rings (SSSR count). The first-order valence-corrected chi connectivity index (χ1v) is 8.60. The fourth-order valence-corrected chi connectivity index (χ4v) is 3.75. The van der Waals surface area contributed by atoms with Gasteiger partial charge in [0.1, 0.15) is 11.5 Å². The molecule has 0 unspecified atom stereocenters. The second-order valence-corrected chi connectivity index (χ2v) is 6.54. The number of benzene rings is 1. The van der Waals surface area contributed by atoms with Gasteiger partial charge >= 0.3 is 0 Å². The molecule has 24 heavy (non-hydrogen) atoms. The minimum absolute atomic E-state index is 0.250. The van der Waals surface area contributed by atoms with Gasteiger partial charge in [-0.15, -0.1) is 0 Å². The Balaban J connectivity index is 1.58. The molecule has 0 saturated heterocycles. The molecule has 6 heteroatoms. The van der Waals surface area contributed by atoms with E-state index in [0.717, 1.165) is 24.9 Å². The van der Waals surface area contributed by atoms with Crippen molar-refractivity contribution in [3.8, 4) is 0 Å². The molecule has 1 aliphatic heterocycles. The maximum atomic E-state index is 14.7. The molecular formula is C18H21FN4O. The number of hydrogen-bond donors (Lipinski definition) is 2. The number of nitrogens with one attached hydrogen (secondary N) is 2. The number of nitrogens with zero attached hydrogens (tertiary/aromatic N) is 2. The monoisotopic (exact) mass is 328 g/mol. The van der Waals surface area contributed by atoms with E-state index < -0.39 is 0 Å². The quantitative estimate of drug-likeness (QED) is 0.910. The van der Waals surface area contributed by atoms with Crippen molar-refractivity contribution in [2.45, 2.75) is 44.7 Å². The highest BCUT2D eigenvalue weighted by Gasteiger charge is 2.24. The van der Waals surface area contributed by atoms with Crippen LogP contribution in [-0.2, 0) is 13.0 Å². The highest BCUT2D eigenvalue weighted by molar-refractivity contribution is 6.03. The Labute approximate surface area is 140 Å². The lowest BCUT2D eigenvalue weighted by atomic mass is 9.99. The van der Waals surface area contributed by atoms with Crippen LogP contribution < -0.4 is 10.6 Å². The van der Waals surface area contributed by atoms with Gasteiger partial charge in [0, 0.05) is 12.7 Å². The minimum atomic E-state index is -0.311. The summed E-state index contributed by atoms with van der Waals surface area (Å²) in [7, 11) is 0. The fourth-order valence-electron chi connectivity index (χ4n) is 3.75. The maximum Gasteiger partial charge on any atom is 0.274 e. The van der Waals surface area contributed by atoms with E-state index in [1.54, 1.807) is 23.0 Å². The average molecular weight is 328 g/mol. The van der Waals surface area contributed by atoms with Crippen molar-refractivity contribution in [3.05, 3.63) is 47.0 Å². The number of carbonyl (C=O) groups excluding carboxylic acids is 1. The zero-order valence-corrected chi connectivity index (χ0v) is 13.5. The van der Waals surface area contributed by atoms with E-state index >= 15 is 0 Å². The van der Waals surface area contributed by atoms with Crippen molar-refractivity contribution in [1.82, 2.24) is 15.1 Å². The number of halogens is 1. The second-order valence-electron chi connectivity index (χ2n) is 6.54. The molecule has 1 aliphatic carbocycles. The van der Waals surface area contributed by atoms with Gasteiger partial charge in [-0.05, 0) is 49.1 Å². The number of aromatic nitrogens is 2. The van der Waals surface area contributed by atoms with Crippen LogP contribution in [0.5, 0.6) is 0 Å². The predicted molar refractivity (Wildman–Crippen MR) is 89.5 cm³/mol. The molecular weight excluding hydrogens is 307 g/mol. The van der Waals surface area contributed by atoms with E-state index in [4.69, 9.17) is 0 Å². The van der Waals surface area contributed by atoms with Crippen molar-refractivity contribution in [2.75, 3.05) is 11.9 Å². The lowest BCUT2D eigenvalue weighted by molar-refractivity contribution is 0.101. The standard InChI is InChI=1S/C18H21FN4O/c19-17-14-7-9-20-11-12(14)5-6-15(17)22-18(24)16-8-10-21-23(16)13-3-1-2-4-13/h5-6,8,10,13,20H,1-4,7,9,11H2,(H,22,24). The Hall–Kier alpha value is -2.21. The van der Waals surface area contributed by atoms with E-state index in [2.05, 4.69) is 15.7 Å². The summed E-state index contributed by atoms with van der Waals surface area (Å²) in [5.74, 6) is -0.610. The van der Waals surface area contributed by atoms with Gasteiger partial charge in [0.2, 0.25) is 0 Å². The number of amides is 1. The molecule has 2 aliphatic rings. The third kappa shape index (κ3) is 2.71. The summed E-state index contributed by atoms with van der Waals surface area (Å²) < 4.78 is 16.5. The van der Waals surface area contributed by atoms with E-state index in [9.17, 15) is 9.18 Å². The number of rotatable bonds is 3. The van der Waals surface area contributed by atoms with Crippen molar-refractivity contribution in [1.29, 1.82) is 0 Å². The summed E-state index contributed by atoms with van der Waals surface area (Å²) >= 11 is 0. The van der Waals surface area contributed by atoms with Gasteiger partial charge in [0.15, 0.2) is 0 Å². The van der Waals surface area contributed by atoms with Gasteiger partial charge in [-0.2, -0.15) is 5.10 Å². The number of fused-ring (bicyclic) bond motifs is 1. The van der Waals surface area contributed by atoms with Gasteiger partial charge < -0.3 is 10.6 Å². The largest absolute Gasteiger partial charge is 0.318 e. The highest BCUT2D eigenvalue weighted by atomic mass is 19.1. The van der Waals surface area contributed by atoms with E-state index in [1.807, 2.05) is 6.07 Å². The van der Waals surface area contributed by atoms with Crippen molar-refractivity contribution in [2.24, 2.45) is 0 Å². The topological polar surface area (TPSA) is 59.0 Å². The molecule has 0 spiro atoms. The van der Waals surface area contributed by atoms with Crippen LogP contribution in [0, 0.1) is 5.82 Å². The molecule has 2 heterocycles. The molecule has 1 aromatic heterocycles. The molecule has 0 atom stereocenters. The van der Waals surface area contributed by atoms with Crippen molar-refractivity contribution in [3.63, 3.8) is 0 Å². The number of hydrogen-bond acceptors (Lipinski definition) is 3. The van der Waals surface area contributed by atoms with Crippen LogP contribution in [0.15, 0.2) is 24.4 Å². The number of anilines is 1. The molecule has 0 radical (unpaired) electrons. The maximum absolute atomic E-state index is 14.7. The summed E-state index contributed by atoms with van der Waals surface area (Å²) in [6.07, 6.45) is 6.70. The molecule has 0 bridgehead atoms. The van der Waals surface area contributed by atoms with Gasteiger partial charge in [0.25, 0.3) is 5.91 Å². The zero-order chi connectivity index (χ0) is 16.5. The molecule has 2 aromatic rings. The smallest absolute Gasteiger partial charge is 0.274 e. The van der Waals surface area contributed by atoms with Crippen LogP contribution in [0.1, 0.15) is 53.3 Å². The first kappa shape index (κ1) is 15.3. The normalized spacial score (nSPS) is 17.7. The highest BCUT2D eigenvalue weighted by Crippen LogP contribution is 2.30. The van der Waals surface area contributed by atoms with Crippen LogP contribution in [0.25, 0.3) is 0 Å². The summed E-state index contributed by atoms with van der Waals surface area (Å²) in [6.45, 7) is 1.44. The number of carbonyl (C=O) groups is 1. The summed E-state index contributed by atoms with van der Waals surface area (Å²) in [5, 5.41) is 10.3. The third-order valence-corrected chi connectivity index (χ3v) is 5.03. The molecule has 1 aromatic carbocycles. The van der Waals surface area contributed by atoms with Gasteiger partial charge in [0.05, 0.1) is 11.7 Å². The third-order valence-electron chi connectivity index (χ3n) is 5.03. The van der Waals surface area contributed by atoms with Crippen LogP contribution in [0.2, 0.25) is 0 Å². The van der Waals surface area contributed by atoms with E-state index in [0.29, 0.717) is 24.2 Å². The second kappa shape index (κ2) is 6.36. The lowest BCUT2D eigenvalue weighted by Gasteiger charge is -2.20. The molecule has 1 saturated carbocycles. The fraction of sp³-hybridized carbons (Fsp3) is 0.444. The van der Waals surface area contributed by atoms with Crippen LogP contribution in [0.4, 0.5) is 10.1 Å². The predicted octanol–water partition coefficient (Wildman–Crippen LogP) is 3.04. The van der Waals surface area contributed by atoms with Crippen LogP contribution in [0.3, 0.4) is 0 Å². The minimum Gasteiger partial charge on any atom is -0.318 e. The van der Waals surface area contributed by atoms with Crippen LogP contribution >= 0.6 is 0 Å². The summed E-state index contributed by atoms with van der Waals surface area (Å²) in [6, 6.07) is 5.51. The summed E-state index contributed by atoms with van der Waals surface area (Å²) in [4.78, 5) is 12.6. The Bertz CT molecular complexity index is 764. The average Bonchev–Trinajstić information content (AvgIpc) is 3.28. The van der Waals surface area contributed by atoms with Gasteiger partial charge in [-0.1, -0.05) is 18.9 Å².